The molecule has 1 aromatic rings. The van der Waals surface area contributed by atoms with E-state index >= 15 is 0 Å². The van der Waals surface area contributed by atoms with Gasteiger partial charge >= 0.3 is 0 Å². The van der Waals surface area contributed by atoms with Gasteiger partial charge in [0, 0.05) is 0 Å². The highest BCUT2D eigenvalue weighted by Gasteiger charge is 2.28. The fraction of sp³-hybridized carbons (Fsp3) is 0.778. The lowest BCUT2D eigenvalue weighted by Gasteiger charge is -2.03. The summed E-state index contributed by atoms with van der Waals surface area (Å²) in [6, 6.07) is 0.617. The minimum atomic E-state index is 0.488. The van der Waals surface area contributed by atoms with Crippen molar-refractivity contribution < 1.29 is 0 Å². The van der Waals surface area contributed by atoms with E-state index in [0.717, 1.165) is 18.5 Å². The fourth-order valence-corrected chi connectivity index (χ4v) is 1.77. The number of nitrogens with zero attached hydrogens (tertiary/aromatic N) is 3. The molecule has 0 aliphatic heterocycles. The summed E-state index contributed by atoms with van der Waals surface area (Å²) < 4.78 is 2.07. The summed E-state index contributed by atoms with van der Waals surface area (Å²) in [6.45, 7) is 2.17. The Morgan fingerprint density at radius 3 is 2.85 bits per heavy atom. The summed E-state index contributed by atoms with van der Waals surface area (Å²) in [7, 11) is 0. The predicted octanol–water partition coefficient (Wildman–Crippen LogP) is 2.30. The summed E-state index contributed by atoms with van der Waals surface area (Å²) in [5.41, 5.74) is 2.22. The summed E-state index contributed by atoms with van der Waals surface area (Å²) in [5.74, 6) is 0.488. The van der Waals surface area contributed by atoms with Gasteiger partial charge in [-0.3, -0.25) is 0 Å². The van der Waals surface area contributed by atoms with Crippen molar-refractivity contribution in [3.8, 4) is 0 Å². The minimum Gasteiger partial charge on any atom is -0.246 e. The molecule has 0 unspecified atom stereocenters. The molecule has 1 fully saturated rings. The molecular formula is C9H14ClN3. The first kappa shape index (κ1) is 9.00. The van der Waals surface area contributed by atoms with Crippen molar-refractivity contribution in [1.29, 1.82) is 0 Å². The first-order valence-corrected chi connectivity index (χ1v) is 5.39. The molecule has 0 bridgehead atoms. The highest BCUT2D eigenvalue weighted by atomic mass is 35.5. The smallest absolute Gasteiger partial charge is 0.101 e. The molecule has 0 spiro atoms. The van der Waals surface area contributed by atoms with Gasteiger partial charge in [0.15, 0.2) is 0 Å². The van der Waals surface area contributed by atoms with Gasteiger partial charge in [-0.15, -0.1) is 16.7 Å². The Bertz CT molecular complexity index is 291. The number of hydrogen-bond donors (Lipinski definition) is 0. The Morgan fingerprint density at radius 1 is 1.54 bits per heavy atom. The van der Waals surface area contributed by atoms with E-state index in [4.69, 9.17) is 11.6 Å². The van der Waals surface area contributed by atoms with Crippen LogP contribution in [0.5, 0.6) is 0 Å². The monoisotopic (exact) mass is 199 g/mol. The van der Waals surface area contributed by atoms with Crippen LogP contribution >= 0.6 is 11.6 Å². The summed E-state index contributed by atoms with van der Waals surface area (Å²) in [4.78, 5) is 0. The van der Waals surface area contributed by atoms with Crippen molar-refractivity contribution in [1.82, 2.24) is 15.0 Å². The van der Waals surface area contributed by atoms with Gasteiger partial charge in [0.25, 0.3) is 0 Å². The summed E-state index contributed by atoms with van der Waals surface area (Å²) >= 11 is 5.79. The van der Waals surface area contributed by atoms with Gasteiger partial charge in [-0.1, -0.05) is 18.6 Å². The first-order chi connectivity index (χ1) is 6.36. The lowest BCUT2D eigenvalue weighted by molar-refractivity contribution is 0.578. The maximum absolute atomic E-state index is 5.79. The SMILES string of the molecule is CCCc1c(CCl)nnn1C1CC1. The van der Waals surface area contributed by atoms with Gasteiger partial charge in [0.05, 0.1) is 17.6 Å². The molecule has 0 amide bonds. The second kappa shape index (κ2) is 3.66. The summed E-state index contributed by atoms with van der Waals surface area (Å²) in [5, 5.41) is 8.25. The van der Waals surface area contributed by atoms with E-state index in [-0.39, 0.29) is 0 Å². The molecule has 3 nitrogen and oxygen atoms in total. The van der Waals surface area contributed by atoms with Gasteiger partial charge in [0.1, 0.15) is 5.69 Å². The molecule has 0 N–H and O–H groups in total. The standard InChI is InChI=1S/C9H14ClN3/c1-2-3-9-8(6-10)11-12-13(9)7-4-5-7/h7H,2-6H2,1H3. The molecule has 1 heterocycles. The van der Waals surface area contributed by atoms with Crippen LogP contribution in [0.2, 0.25) is 0 Å². The van der Waals surface area contributed by atoms with Crippen LogP contribution in [-0.4, -0.2) is 15.0 Å². The van der Waals surface area contributed by atoms with Crippen LogP contribution in [0.4, 0.5) is 0 Å². The molecule has 1 aliphatic carbocycles. The lowest BCUT2D eigenvalue weighted by Crippen LogP contribution is -2.03. The minimum absolute atomic E-state index is 0.488. The third-order valence-corrected chi connectivity index (χ3v) is 2.63. The second-order valence-electron chi connectivity index (χ2n) is 3.54. The van der Waals surface area contributed by atoms with Crippen LogP contribution in [0.3, 0.4) is 0 Å². The maximum atomic E-state index is 5.79. The normalized spacial score (nSPS) is 16.5. The Balaban J connectivity index is 2.26. The molecule has 0 saturated heterocycles. The molecule has 2 rings (SSSR count). The summed E-state index contributed by atoms with van der Waals surface area (Å²) in [6.07, 6.45) is 4.68. The fourth-order valence-electron chi connectivity index (χ4n) is 1.56. The van der Waals surface area contributed by atoms with Crippen molar-refractivity contribution in [3.05, 3.63) is 11.4 Å². The molecule has 1 saturated carbocycles. The lowest BCUT2D eigenvalue weighted by atomic mass is 10.2. The van der Waals surface area contributed by atoms with Crippen LogP contribution < -0.4 is 0 Å². The molecule has 72 valence electrons. The van der Waals surface area contributed by atoms with Crippen molar-refractivity contribution in [2.24, 2.45) is 0 Å². The van der Waals surface area contributed by atoms with E-state index in [9.17, 15) is 0 Å². The zero-order valence-electron chi connectivity index (χ0n) is 7.83. The number of rotatable bonds is 4. The van der Waals surface area contributed by atoms with Gasteiger partial charge < -0.3 is 0 Å². The van der Waals surface area contributed by atoms with Crippen LogP contribution in [0.25, 0.3) is 0 Å². The Labute approximate surface area is 83.1 Å². The maximum Gasteiger partial charge on any atom is 0.101 e. The van der Waals surface area contributed by atoms with Crippen LogP contribution in [0.15, 0.2) is 0 Å². The third kappa shape index (κ3) is 1.70. The average molecular weight is 200 g/mol. The molecule has 13 heavy (non-hydrogen) atoms. The topological polar surface area (TPSA) is 30.7 Å². The largest absolute Gasteiger partial charge is 0.246 e. The third-order valence-electron chi connectivity index (χ3n) is 2.38. The average Bonchev–Trinajstić information content (AvgIpc) is 2.90. The van der Waals surface area contributed by atoms with Gasteiger partial charge in [0.2, 0.25) is 0 Å². The van der Waals surface area contributed by atoms with E-state index in [1.807, 2.05) is 0 Å². The second-order valence-corrected chi connectivity index (χ2v) is 3.81. The van der Waals surface area contributed by atoms with Crippen molar-refractivity contribution >= 4 is 11.6 Å². The molecule has 4 heteroatoms. The zero-order valence-corrected chi connectivity index (χ0v) is 8.59. The number of hydrogen-bond acceptors (Lipinski definition) is 2. The Hall–Kier alpha value is -0.570. The van der Waals surface area contributed by atoms with E-state index in [2.05, 4.69) is 21.9 Å². The number of aromatic nitrogens is 3. The zero-order chi connectivity index (χ0) is 9.26. The number of alkyl halides is 1. The van der Waals surface area contributed by atoms with Crippen molar-refractivity contribution in [3.63, 3.8) is 0 Å². The molecule has 0 aromatic carbocycles. The molecule has 0 radical (unpaired) electrons. The molecule has 0 atom stereocenters. The van der Waals surface area contributed by atoms with Crippen LogP contribution in [-0.2, 0) is 12.3 Å². The Morgan fingerprint density at radius 2 is 2.31 bits per heavy atom. The highest BCUT2D eigenvalue weighted by molar-refractivity contribution is 6.16. The number of halogens is 1. The first-order valence-electron chi connectivity index (χ1n) is 4.85. The predicted molar refractivity (Wildman–Crippen MR) is 51.8 cm³/mol. The van der Waals surface area contributed by atoms with E-state index in [1.54, 1.807) is 0 Å². The molecular weight excluding hydrogens is 186 g/mol. The van der Waals surface area contributed by atoms with Crippen molar-refractivity contribution in [2.45, 2.75) is 44.5 Å². The van der Waals surface area contributed by atoms with Gasteiger partial charge in [-0.2, -0.15) is 0 Å². The molecule has 1 aromatic heterocycles. The van der Waals surface area contributed by atoms with E-state index < -0.39 is 0 Å². The van der Waals surface area contributed by atoms with E-state index in [0.29, 0.717) is 11.9 Å². The van der Waals surface area contributed by atoms with E-state index in [1.165, 1.54) is 18.5 Å². The molecule has 1 aliphatic rings. The van der Waals surface area contributed by atoms with Gasteiger partial charge in [-0.25, -0.2) is 4.68 Å². The van der Waals surface area contributed by atoms with Crippen LogP contribution in [0.1, 0.15) is 43.6 Å². The van der Waals surface area contributed by atoms with Gasteiger partial charge in [-0.05, 0) is 19.3 Å². The Kier molecular flexibility index (Phi) is 2.54. The van der Waals surface area contributed by atoms with Crippen LogP contribution in [0, 0.1) is 0 Å². The highest BCUT2D eigenvalue weighted by Crippen LogP contribution is 2.35. The quantitative estimate of drug-likeness (QED) is 0.697. The van der Waals surface area contributed by atoms with Crippen molar-refractivity contribution in [2.75, 3.05) is 0 Å².